The van der Waals surface area contributed by atoms with Crippen molar-refractivity contribution in [2.24, 2.45) is 0 Å². The van der Waals surface area contributed by atoms with Gasteiger partial charge in [-0.1, -0.05) is 0 Å². The second-order valence-electron chi connectivity index (χ2n) is 6.22. The average Bonchev–Trinajstić information content (AvgIpc) is 3.11. The van der Waals surface area contributed by atoms with E-state index in [-0.39, 0.29) is 25.1 Å². The molecule has 1 aliphatic carbocycles. The van der Waals surface area contributed by atoms with Gasteiger partial charge in [-0.2, -0.15) is 0 Å². The molecule has 0 bridgehead atoms. The number of carbonyl (C=O) groups excluding carboxylic acids is 1. The van der Waals surface area contributed by atoms with E-state index in [4.69, 9.17) is 14.6 Å². The summed E-state index contributed by atoms with van der Waals surface area (Å²) in [5.74, 6) is 0.503. The van der Waals surface area contributed by atoms with Crippen molar-refractivity contribution in [3.8, 4) is 11.5 Å². The number of nitrogens with one attached hydrogen (secondary N) is 1. The fourth-order valence-electron chi connectivity index (χ4n) is 2.77. The fourth-order valence-corrected chi connectivity index (χ4v) is 2.77. The van der Waals surface area contributed by atoms with Crippen molar-refractivity contribution in [1.29, 1.82) is 0 Å². The Balaban J connectivity index is 1.97. The highest BCUT2D eigenvalue weighted by atomic mass is 16.5. The van der Waals surface area contributed by atoms with Crippen LogP contribution in [0.5, 0.6) is 11.5 Å². The summed E-state index contributed by atoms with van der Waals surface area (Å²) in [6.45, 7) is 0.470. The molecule has 7 nitrogen and oxygen atoms in total. The van der Waals surface area contributed by atoms with Crippen LogP contribution in [0.1, 0.15) is 37.7 Å². The number of carboxylic acid groups (broad SMARTS) is 1. The third-order valence-corrected chi connectivity index (χ3v) is 4.31. The molecule has 1 fully saturated rings. The van der Waals surface area contributed by atoms with Gasteiger partial charge in [0.2, 0.25) is 0 Å². The molecule has 2 rings (SSSR count). The monoisotopic (exact) mass is 350 g/mol. The van der Waals surface area contributed by atoms with Crippen molar-refractivity contribution < 1.29 is 24.2 Å². The van der Waals surface area contributed by atoms with Gasteiger partial charge in [0.15, 0.2) is 0 Å². The van der Waals surface area contributed by atoms with Crippen LogP contribution < -0.4 is 14.8 Å². The zero-order chi connectivity index (χ0) is 18.2. The molecule has 0 radical (unpaired) electrons. The molecular weight excluding hydrogens is 324 g/mol. The van der Waals surface area contributed by atoms with Crippen LogP contribution in [-0.4, -0.2) is 48.8 Å². The van der Waals surface area contributed by atoms with E-state index in [9.17, 15) is 9.59 Å². The normalized spacial score (nSPS) is 14.2. The quantitative estimate of drug-likeness (QED) is 0.752. The minimum atomic E-state index is -0.929. The summed E-state index contributed by atoms with van der Waals surface area (Å²) < 4.78 is 11.4. The van der Waals surface area contributed by atoms with Gasteiger partial charge >= 0.3 is 12.0 Å². The first-order valence-corrected chi connectivity index (χ1v) is 8.54. The number of aliphatic carboxylic acids is 1. The highest BCUT2D eigenvalue weighted by molar-refractivity contribution is 5.75. The first-order chi connectivity index (χ1) is 12.0. The Kier molecular flexibility index (Phi) is 6.91. The Morgan fingerprint density at radius 1 is 1.32 bits per heavy atom. The highest BCUT2D eigenvalue weighted by Crippen LogP contribution is 2.30. The molecule has 1 aromatic carbocycles. The van der Waals surface area contributed by atoms with Gasteiger partial charge in [-0.3, -0.25) is 4.79 Å². The maximum Gasteiger partial charge on any atom is 0.317 e. The molecule has 138 valence electrons. The van der Waals surface area contributed by atoms with Crippen molar-refractivity contribution in [3.63, 3.8) is 0 Å². The van der Waals surface area contributed by atoms with E-state index in [0.717, 1.165) is 24.2 Å². The lowest BCUT2D eigenvalue weighted by molar-refractivity contribution is -0.137. The molecular formula is C18H26N2O5. The van der Waals surface area contributed by atoms with Gasteiger partial charge in [0.05, 0.1) is 19.6 Å². The minimum absolute atomic E-state index is 0.0809. The van der Waals surface area contributed by atoms with Crippen molar-refractivity contribution in [1.82, 2.24) is 10.2 Å². The Labute approximate surface area is 147 Å². The fraction of sp³-hybridized carbons (Fsp3) is 0.556. The first-order valence-electron chi connectivity index (χ1n) is 8.54. The van der Waals surface area contributed by atoms with E-state index in [1.807, 2.05) is 18.2 Å². The van der Waals surface area contributed by atoms with Crippen molar-refractivity contribution >= 4 is 12.0 Å². The highest BCUT2D eigenvalue weighted by Gasteiger charge is 2.19. The second kappa shape index (κ2) is 9.15. The summed E-state index contributed by atoms with van der Waals surface area (Å²) in [7, 11) is 3.18. The molecule has 0 saturated heterocycles. The molecule has 1 aromatic rings. The maximum absolute atomic E-state index is 12.1. The van der Waals surface area contributed by atoms with Gasteiger partial charge in [-0.15, -0.1) is 0 Å². The lowest BCUT2D eigenvalue weighted by Crippen LogP contribution is -2.38. The number of methoxy groups -OCH3 is 1. The zero-order valence-electron chi connectivity index (χ0n) is 14.8. The van der Waals surface area contributed by atoms with E-state index in [2.05, 4.69) is 5.32 Å². The number of ether oxygens (including phenoxy) is 2. The molecule has 25 heavy (non-hydrogen) atoms. The Hall–Kier alpha value is -2.44. The predicted octanol–water partition coefficient (Wildman–Crippen LogP) is 2.63. The largest absolute Gasteiger partial charge is 0.497 e. The van der Waals surface area contributed by atoms with E-state index in [1.54, 1.807) is 14.2 Å². The number of amides is 2. The van der Waals surface area contributed by atoms with E-state index >= 15 is 0 Å². The van der Waals surface area contributed by atoms with Gasteiger partial charge in [0, 0.05) is 31.8 Å². The van der Waals surface area contributed by atoms with Crippen LogP contribution in [0.4, 0.5) is 4.79 Å². The number of carbonyl (C=O) groups is 2. The molecule has 0 unspecified atom stereocenters. The van der Waals surface area contributed by atoms with Crippen molar-refractivity contribution in [2.45, 2.75) is 44.8 Å². The molecule has 0 spiro atoms. The second-order valence-corrected chi connectivity index (χ2v) is 6.22. The predicted molar refractivity (Wildman–Crippen MR) is 93.0 cm³/mol. The van der Waals surface area contributed by atoms with Crippen molar-refractivity contribution in [2.75, 3.05) is 20.7 Å². The summed E-state index contributed by atoms with van der Waals surface area (Å²) >= 11 is 0. The summed E-state index contributed by atoms with van der Waals surface area (Å²) in [4.78, 5) is 24.0. The molecule has 0 heterocycles. The van der Waals surface area contributed by atoms with Crippen LogP contribution in [0.2, 0.25) is 0 Å². The molecule has 0 aliphatic heterocycles. The SMILES string of the molecule is COc1ccc(CNC(=O)N(C)CCC(=O)O)c(OC2CCCC2)c1. The van der Waals surface area contributed by atoms with Gasteiger partial charge < -0.3 is 24.8 Å². The van der Waals surface area contributed by atoms with Gasteiger partial charge in [-0.05, 0) is 37.8 Å². The molecule has 0 atom stereocenters. The Bertz CT molecular complexity index is 599. The Morgan fingerprint density at radius 2 is 2.04 bits per heavy atom. The van der Waals surface area contributed by atoms with Crippen LogP contribution in [0.25, 0.3) is 0 Å². The molecule has 1 saturated carbocycles. The van der Waals surface area contributed by atoms with Crippen LogP contribution in [0.3, 0.4) is 0 Å². The molecule has 0 aromatic heterocycles. The zero-order valence-corrected chi connectivity index (χ0v) is 14.8. The van der Waals surface area contributed by atoms with Crippen molar-refractivity contribution in [3.05, 3.63) is 23.8 Å². The number of hydrogen-bond acceptors (Lipinski definition) is 4. The molecule has 2 amide bonds. The van der Waals surface area contributed by atoms with Crippen LogP contribution in [-0.2, 0) is 11.3 Å². The summed E-state index contributed by atoms with van der Waals surface area (Å²) in [5, 5.41) is 11.5. The van der Waals surface area contributed by atoms with E-state index in [0.29, 0.717) is 12.3 Å². The van der Waals surface area contributed by atoms with E-state index in [1.165, 1.54) is 17.7 Å². The van der Waals surface area contributed by atoms with Crippen LogP contribution >= 0.6 is 0 Å². The number of nitrogens with zero attached hydrogens (tertiary/aromatic N) is 1. The maximum atomic E-state index is 12.1. The smallest absolute Gasteiger partial charge is 0.317 e. The summed E-state index contributed by atoms with van der Waals surface area (Å²) in [6.07, 6.45) is 4.56. The number of rotatable bonds is 8. The van der Waals surface area contributed by atoms with E-state index < -0.39 is 5.97 Å². The average molecular weight is 350 g/mol. The first kappa shape index (κ1) is 18.9. The van der Waals surface area contributed by atoms with Gasteiger partial charge in [0.25, 0.3) is 0 Å². The molecule has 7 heteroatoms. The number of hydrogen-bond donors (Lipinski definition) is 2. The number of carboxylic acids is 1. The standard InChI is InChI=1S/C18H26N2O5/c1-20(10-9-17(21)22)18(23)19-12-13-7-8-15(24-2)11-16(13)25-14-5-3-4-6-14/h7-8,11,14H,3-6,9-10,12H2,1-2H3,(H,19,23)(H,21,22). The topological polar surface area (TPSA) is 88.1 Å². The third-order valence-electron chi connectivity index (χ3n) is 4.31. The van der Waals surface area contributed by atoms with Gasteiger partial charge in [-0.25, -0.2) is 4.79 Å². The lowest BCUT2D eigenvalue weighted by Gasteiger charge is -2.20. The lowest BCUT2D eigenvalue weighted by atomic mass is 10.2. The van der Waals surface area contributed by atoms with Crippen LogP contribution in [0.15, 0.2) is 18.2 Å². The number of benzene rings is 1. The number of urea groups is 1. The van der Waals surface area contributed by atoms with Crippen LogP contribution in [0, 0.1) is 0 Å². The Morgan fingerprint density at radius 3 is 2.68 bits per heavy atom. The summed E-state index contributed by atoms with van der Waals surface area (Å²) in [6, 6.07) is 5.23. The third kappa shape index (κ3) is 5.85. The summed E-state index contributed by atoms with van der Waals surface area (Å²) in [5.41, 5.74) is 0.868. The molecule has 1 aliphatic rings. The minimum Gasteiger partial charge on any atom is -0.497 e. The molecule has 2 N–H and O–H groups in total. The van der Waals surface area contributed by atoms with Gasteiger partial charge in [0.1, 0.15) is 11.5 Å².